The van der Waals surface area contributed by atoms with Crippen LogP contribution in [0.2, 0.25) is 0 Å². The van der Waals surface area contributed by atoms with Crippen LogP contribution >= 0.6 is 11.3 Å². The minimum absolute atomic E-state index is 0.0534. The Morgan fingerprint density at radius 3 is 2.71 bits per heavy atom. The topological polar surface area (TPSA) is 82.4 Å². The van der Waals surface area contributed by atoms with Crippen LogP contribution in [0.25, 0.3) is 21.5 Å². The Bertz CT molecular complexity index is 1650. The number of thiophene rings is 1. The maximum absolute atomic E-state index is 14.0. The fourth-order valence-corrected chi connectivity index (χ4v) is 5.32. The third-order valence-electron chi connectivity index (χ3n) is 6.39. The van der Waals surface area contributed by atoms with Gasteiger partial charge in [0, 0.05) is 24.5 Å². The van der Waals surface area contributed by atoms with E-state index in [1.54, 1.807) is 33.9 Å². The molecule has 1 aliphatic rings. The molecule has 6 rings (SSSR count). The molecular formula is C28H24FN5O3S. The number of pyridine rings is 1. The summed E-state index contributed by atoms with van der Waals surface area (Å²) in [5, 5.41) is 7.16. The molecule has 0 N–H and O–H groups in total. The lowest BCUT2D eigenvalue weighted by atomic mass is 10.1. The van der Waals surface area contributed by atoms with Gasteiger partial charge in [0.25, 0.3) is 0 Å². The average molecular weight is 530 g/mol. The van der Waals surface area contributed by atoms with E-state index in [-0.39, 0.29) is 25.1 Å². The average Bonchev–Trinajstić information content (AvgIpc) is 3.65. The van der Waals surface area contributed by atoms with Crippen LogP contribution in [0.15, 0.2) is 60.0 Å². The van der Waals surface area contributed by atoms with E-state index < -0.39 is 0 Å². The zero-order chi connectivity index (χ0) is 26.2. The number of hydrogen-bond acceptors (Lipinski definition) is 7. The van der Waals surface area contributed by atoms with E-state index in [1.165, 1.54) is 12.1 Å². The Morgan fingerprint density at radius 2 is 1.92 bits per heavy atom. The van der Waals surface area contributed by atoms with Gasteiger partial charge in [-0.25, -0.2) is 19.0 Å². The third-order valence-corrected chi connectivity index (χ3v) is 7.26. The first-order valence-corrected chi connectivity index (χ1v) is 13.0. The van der Waals surface area contributed by atoms with Crippen molar-refractivity contribution in [2.24, 2.45) is 0 Å². The summed E-state index contributed by atoms with van der Waals surface area (Å²) in [6.45, 7) is 4.50. The summed E-state index contributed by atoms with van der Waals surface area (Å²) in [4.78, 5) is 25.6. The molecular weight excluding hydrogens is 505 g/mol. The van der Waals surface area contributed by atoms with Crippen molar-refractivity contribution in [3.8, 4) is 22.1 Å². The highest BCUT2D eigenvalue weighted by atomic mass is 32.1. The van der Waals surface area contributed by atoms with Crippen LogP contribution in [0.1, 0.15) is 22.8 Å². The van der Waals surface area contributed by atoms with Crippen molar-refractivity contribution < 1.29 is 18.7 Å². The van der Waals surface area contributed by atoms with E-state index >= 15 is 0 Å². The fourth-order valence-electron chi connectivity index (χ4n) is 4.57. The Morgan fingerprint density at radius 1 is 1.05 bits per heavy atom. The number of rotatable bonds is 7. The molecule has 0 atom stereocenters. The number of hydrogen-bond donors (Lipinski definition) is 0. The fraction of sp³-hybridized carbons (Fsp3) is 0.214. The van der Waals surface area contributed by atoms with Crippen molar-refractivity contribution in [1.82, 2.24) is 24.6 Å². The number of benzene rings is 2. The van der Waals surface area contributed by atoms with E-state index in [2.05, 4.69) is 10.1 Å². The maximum atomic E-state index is 14.0. The van der Waals surface area contributed by atoms with Crippen LogP contribution in [-0.4, -0.2) is 37.3 Å². The molecule has 0 saturated heterocycles. The van der Waals surface area contributed by atoms with Gasteiger partial charge < -0.3 is 14.4 Å². The summed E-state index contributed by atoms with van der Waals surface area (Å²) < 4.78 is 26.6. The number of aromatic nitrogens is 4. The predicted molar refractivity (Wildman–Crippen MR) is 141 cm³/mol. The number of fused-ring (bicyclic) bond motifs is 2. The van der Waals surface area contributed by atoms with Gasteiger partial charge in [-0.3, -0.25) is 4.79 Å². The highest BCUT2D eigenvalue weighted by molar-refractivity contribution is 7.13. The second kappa shape index (κ2) is 9.86. The molecule has 192 valence electrons. The molecule has 2 aromatic carbocycles. The second-order valence-electron chi connectivity index (χ2n) is 9.11. The van der Waals surface area contributed by atoms with Crippen molar-refractivity contribution in [2.75, 3.05) is 6.79 Å². The Kier molecular flexibility index (Phi) is 6.24. The van der Waals surface area contributed by atoms with E-state index in [1.807, 2.05) is 48.7 Å². The SMILES string of the molecule is Cc1nc(C)n(CC(=O)N(Cc2ccc3c(c2)OCO3)Cc2cc3ccc(F)cc3nc2-c2cccs2)n1. The Hall–Kier alpha value is -4.31. The van der Waals surface area contributed by atoms with Gasteiger partial charge in [0.05, 0.1) is 16.1 Å². The molecule has 3 aromatic heterocycles. The highest BCUT2D eigenvalue weighted by Gasteiger charge is 2.22. The largest absolute Gasteiger partial charge is 0.454 e. The number of aryl methyl sites for hydroxylation is 2. The normalized spacial score (nSPS) is 12.3. The number of carbonyl (C=O) groups excluding carboxylic acids is 1. The van der Waals surface area contributed by atoms with E-state index in [4.69, 9.17) is 14.5 Å². The summed E-state index contributed by atoms with van der Waals surface area (Å²) in [5.74, 6) is 2.17. The minimum Gasteiger partial charge on any atom is -0.454 e. The zero-order valence-corrected chi connectivity index (χ0v) is 21.7. The quantitative estimate of drug-likeness (QED) is 0.286. The summed E-state index contributed by atoms with van der Waals surface area (Å²) >= 11 is 1.55. The van der Waals surface area contributed by atoms with E-state index in [0.29, 0.717) is 41.8 Å². The van der Waals surface area contributed by atoms with Crippen LogP contribution in [0.4, 0.5) is 4.39 Å². The molecule has 0 aliphatic carbocycles. The molecule has 5 aromatic rings. The van der Waals surface area contributed by atoms with Crippen LogP contribution in [0.5, 0.6) is 11.5 Å². The van der Waals surface area contributed by atoms with Gasteiger partial charge in [-0.05, 0) is 66.8 Å². The second-order valence-corrected chi connectivity index (χ2v) is 10.1. The van der Waals surface area contributed by atoms with Crippen LogP contribution < -0.4 is 9.47 Å². The standard InChI is InChI=1S/C28H24FN5O3S/c1-17-30-18(2)34(32-17)15-27(35)33(13-19-5-8-24-25(10-19)37-16-36-24)14-21-11-20-6-7-22(29)12-23(20)31-28(21)26-4-3-9-38-26/h3-12H,13-16H2,1-2H3. The lowest BCUT2D eigenvalue weighted by molar-refractivity contribution is -0.133. The summed E-state index contributed by atoms with van der Waals surface area (Å²) in [6, 6.07) is 16.2. The molecule has 4 heterocycles. The molecule has 0 unspecified atom stereocenters. The molecule has 1 aliphatic heterocycles. The van der Waals surface area contributed by atoms with Gasteiger partial charge in [0.15, 0.2) is 11.5 Å². The molecule has 38 heavy (non-hydrogen) atoms. The summed E-state index contributed by atoms with van der Waals surface area (Å²) in [5.41, 5.74) is 3.07. The molecule has 0 bridgehead atoms. The van der Waals surface area contributed by atoms with Gasteiger partial charge in [0.1, 0.15) is 24.0 Å². The molecule has 0 radical (unpaired) electrons. The highest BCUT2D eigenvalue weighted by Crippen LogP contribution is 2.34. The lowest BCUT2D eigenvalue weighted by Crippen LogP contribution is -2.33. The number of amides is 1. The first-order valence-electron chi connectivity index (χ1n) is 12.1. The van der Waals surface area contributed by atoms with Gasteiger partial charge in [-0.15, -0.1) is 11.3 Å². The number of nitrogens with zero attached hydrogens (tertiary/aromatic N) is 5. The minimum atomic E-state index is -0.340. The lowest BCUT2D eigenvalue weighted by Gasteiger charge is -2.24. The summed E-state index contributed by atoms with van der Waals surface area (Å²) in [7, 11) is 0. The van der Waals surface area contributed by atoms with Crippen molar-refractivity contribution >= 4 is 28.1 Å². The number of ether oxygens (including phenoxy) is 2. The summed E-state index contributed by atoms with van der Waals surface area (Å²) in [6.07, 6.45) is 0. The van der Waals surface area contributed by atoms with E-state index in [0.717, 1.165) is 27.1 Å². The zero-order valence-electron chi connectivity index (χ0n) is 20.8. The maximum Gasteiger partial charge on any atom is 0.244 e. The molecule has 1 amide bonds. The monoisotopic (exact) mass is 529 g/mol. The van der Waals surface area contributed by atoms with Gasteiger partial charge in [-0.2, -0.15) is 5.10 Å². The van der Waals surface area contributed by atoms with Crippen molar-refractivity contribution in [3.63, 3.8) is 0 Å². The molecule has 0 fully saturated rings. The van der Waals surface area contributed by atoms with Crippen LogP contribution in [0, 0.1) is 19.7 Å². The van der Waals surface area contributed by atoms with Gasteiger partial charge >= 0.3 is 0 Å². The first kappa shape index (κ1) is 24.1. The predicted octanol–water partition coefficient (Wildman–Crippen LogP) is 5.27. The van der Waals surface area contributed by atoms with Crippen LogP contribution in [0.3, 0.4) is 0 Å². The van der Waals surface area contributed by atoms with Gasteiger partial charge in [-0.1, -0.05) is 12.1 Å². The Labute approximate surface area is 222 Å². The van der Waals surface area contributed by atoms with Crippen LogP contribution in [-0.2, 0) is 24.4 Å². The van der Waals surface area contributed by atoms with E-state index in [9.17, 15) is 9.18 Å². The number of halogens is 1. The number of carbonyl (C=O) groups is 1. The van der Waals surface area contributed by atoms with Crippen molar-refractivity contribution in [1.29, 1.82) is 0 Å². The smallest absolute Gasteiger partial charge is 0.244 e. The molecule has 0 spiro atoms. The molecule has 8 nitrogen and oxygen atoms in total. The first-order chi connectivity index (χ1) is 18.4. The van der Waals surface area contributed by atoms with Crippen molar-refractivity contribution in [2.45, 2.75) is 33.5 Å². The molecule has 0 saturated carbocycles. The Balaban J connectivity index is 1.39. The van der Waals surface area contributed by atoms with Crippen molar-refractivity contribution in [3.05, 3.63) is 88.6 Å². The van der Waals surface area contributed by atoms with Gasteiger partial charge in [0.2, 0.25) is 12.7 Å². The molecule has 10 heteroatoms. The third kappa shape index (κ3) is 4.82.